The maximum Gasteiger partial charge on any atom is 0.387 e. The summed E-state index contributed by atoms with van der Waals surface area (Å²) in [6, 6.07) is 11.2. The average Bonchev–Trinajstić information content (AvgIpc) is 2.71. The van der Waals surface area contributed by atoms with E-state index in [1.165, 1.54) is 19.2 Å². The number of rotatable bonds is 10. The highest BCUT2D eigenvalue weighted by Gasteiger charge is 2.25. The number of ether oxygens (including phenoxy) is 2. The highest BCUT2D eigenvalue weighted by atomic mass is 19.3. The molecule has 0 aromatic heterocycles. The number of amides is 2. The van der Waals surface area contributed by atoms with E-state index in [2.05, 4.69) is 15.4 Å². The zero-order valence-electron chi connectivity index (χ0n) is 18.1. The maximum atomic E-state index is 12.7. The van der Waals surface area contributed by atoms with Crippen LogP contribution in [0.3, 0.4) is 0 Å². The smallest absolute Gasteiger partial charge is 0.387 e. The van der Waals surface area contributed by atoms with E-state index in [4.69, 9.17) is 4.74 Å². The zero-order valence-corrected chi connectivity index (χ0v) is 18.1. The molecule has 31 heavy (non-hydrogen) atoms. The molecule has 0 aliphatic carbocycles. The summed E-state index contributed by atoms with van der Waals surface area (Å²) in [6.07, 6.45) is 0.395. The third-order valence-corrected chi connectivity index (χ3v) is 4.78. The predicted octanol–water partition coefficient (Wildman–Crippen LogP) is 3.72. The molecule has 168 valence electrons. The van der Waals surface area contributed by atoms with Gasteiger partial charge in [-0.15, -0.1) is 0 Å². The standard InChI is InChI=1S/C23H28F2N2O4/c1-14(2)20(27-21(28)17-8-6-5-7-15(17)3)22(29)26-12-11-16-9-10-18(30-4)19(13-16)31-23(24)25/h5-10,13-14,20,23H,11-12H2,1-4H3,(H,26,29)(H,27,28). The molecule has 2 amide bonds. The van der Waals surface area contributed by atoms with Crippen LogP contribution in [-0.4, -0.2) is 38.1 Å². The first kappa shape index (κ1) is 24.1. The molecule has 2 rings (SSSR count). The topological polar surface area (TPSA) is 76.7 Å². The Balaban J connectivity index is 1.98. The van der Waals surface area contributed by atoms with Gasteiger partial charge in [0.15, 0.2) is 11.5 Å². The SMILES string of the molecule is COc1ccc(CCNC(=O)C(NC(=O)c2ccccc2C)C(C)C)cc1OC(F)F. The van der Waals surface area contributed by atoms with Gasteiger partial charge in [0.05, 0.1) is 7.11 Å². The quantitative estimate of drug-likeness (QED) is 0.598. The molecule has 0 heterocycles. The number of alkyl halides is 2. The minimum Gasteiger partial charge on any atom is -0.493 e. The lowest BCUT2D eigenvalue weighted by Gasteiger charge is -2.22. The van der Waals surface area contributed by atoms with Crippen LogP contribution in [0, 0.1) is 12.8 Å². The first-order valence-electron chi connectivity index (χ1n) is 9.98. The summed E-state index contributed by atoms with van der Waals surface area (Å²) in [5.41, 5.74) is 2.04. The van der Waals surface area contributed by atoms with Crippen molar-refractivity contribution in [2.45, 2.75) is 39.8 Å². The maximum absolute atomic E-state index is 12.7. The van der Waals surface area contributed by atoms with E-state index in [0.717, 1.165) is 5.56 Å². The van der Waals surface area contributed by atoms with Crippen molar-refractivity contribution in [3.05, 3.63) is 59.2 Å². The molecule has 8 heteroatoms. The van der Waals surface area contributed by atoms with Crippen molar-refractivity contribution in [3.63, 3.8) is 0 Å². The molecule has 2 aromatic rings. The van der Waals surface area contributed by atoms with E-state index in [9.17, 15) is 18.4 Å². The Morgan fingerprint density at radius 1 is 1.06 bits per heavy atom. The lowest BCUT2D eigenvalue weighted by molar-refractivity contribution is -0.123. The number of carbonyl (C=O) groups excluding carboxylic acids is 2. The molecule has 0 spiro atoms. The Morgan fingerprint density at radius 2 is 1.77 bits per heavy atom. The first-order chi connectivity index (χ1) is 14.7. The molecule has 0 fully saturated rings. The third-order valence-electron chi connectivity index (χ3n) is 4.78. The number of hydrogen-bond donors (Lipinski definition) is 2. The summed E-state index contributed by atoms with van der Waals surface area (Å²) in [5.74, 6) is -0.607. The van der Waals surface area contributed by atoms with Crippen molar-refractivity contribution in [1.82, 2.24) is 10.6 Å². The highest BCUT2D eigenvalue weighted by molar-refractivity contribution is 5.98. The van der Waals surface area contributed by atoms with Crippen molar-refractivity contribution in [2.75, 3.05) is 13.7 Å². The lowest BCUT2D eigenvalue weighted by atomic mass is 10.0. The summed E-state index contributed by atoms with van der Waals surface area (Å²) in [7, 11) is 1.37. The van der Waals surface area contributed by atoms with Crippen LogP contribution in [0.5, 0.6) is 11.5 Å². The number of carbonyl (C=O) groups is 2. The molecular formula is C23H28F2N2O4. The molecule has 0 aliphatic rings. The van der Waals surface area contributed by atoms with Crippen LogP contribution in [0.15, 0.2) is 42.5 Å². The van der Waals surface area contributed by atoms with Crippen LogP contribution in [0.25, 0.3) is 0 Å². The Hall–Kier alpha value is -3.16. The van der Waals surface area contributed by atoms with Gasteiger partial charge in [0.1, 0.15) is 6.04 Å². The molecule has 2 aromatic carbocycles. The summed E-state index contributed by atoms with van der Waals surface area (Å²) in [6.45, 7) is 2.83. The number of hydrogen-bond acceptors (Lipinski definition) is 4. The molecule has 1 atom stereocenters. The Labute approximate surface area is 180 Å². The average molecular weight is 434 g/mol. The van der Waals surface area contributed by atoms with Crippen LogP contribution in [0.4, 0.5) is 8.78 Å². The second-order valence-electron chi connectivity index (χ2n) is 7.41. The minimum atomic E-state index is -2.97. The molecule has 1 unspecified atom stereocenters. The number of nitrogens with one attached hydrogen (secondary N) is 2. The molecule has 0 aliphatic heterocycles. The highest BCUT2D eigenvalue weighted by Crippen LogP contribution is 2.29. The molecule has 6 nitrogen and oxygen atoms in total. The van der Waals surface area contributed by atoms with Crippen LogP contribution >= 0.6 is 0 Å². The van der Waals surface area contributed by atoms with Crippen LogP contribution in [0.1, 0.15) is 35.3 Å². The third kappa shape index (κ3) is 6.94. The fourth-order valence-corrected chi connectivity index (χ4v) is 3.09. The van der Waals surface area contributed by atoms with Crippen LogP contribution < -0.4 is 20.1 Å². The Morgan fingerprint density at radius 3 is 2.39 bits per heavy atom. The van der Waals surface area contributed by atoms with Gasteiger partial charge in [0, 0.05) is 12.1 Å². The molecular weight excluding hydrogens is 406 g/mol. The summed E-state index contributed by atoms with van der Waals surface area (Å²) < 4.78 is 34.6. The Kier molecular flexibility index (Phi) is 8.78. The van der Waals surface area contributed by atoms with Gasteiger partial charge in [-0.1, -0.05) is 38.1 Å². The number of halogens is 2. The van der Waals surface area contributed by atoms with Gasteiger partial charge in [0.25, 0.3) is 5.91 Å². The largest absolute Gasteiger partial charge is 0.493 e. The van der Waals surface area contributed by atoms with E-state index in [1.807, 2.05) is 32.9 Å². The Bertz CT molecular complexity index is 903. The second kappa shape index (κ2) is 11.3. The molecule has 2 N–H and O–H groups in total. The van der Waals surface area contributed by atoms with Crippen molar-refractivity contribution in [2.24, 2.45) is 5.92 Å². The van der Waals surface area contributed by atoms with Gasteiger partial charge in [-0.25, -0.2) is 0 Å². The fourth-order valence-electron chi connectivity index (χ4n) is 3.09. The van der Waals surface area contributed by atoms with E-state index in [0.29, 0.717) is 17.5 Å². The van der Waals surface area contributed by atoms with Crippen molar-refractivity contribution < 1.29 is 27.8 Å². The van der Waals surface area contributed by atoms with Gasteiger partial charge in [-0.2, -0.15) is 8.78 Å². The molecule has 0 bridgehead atoms. The summed E-state index contributed by atoms with van der Waals surface area (Å²) >= 11 is 0. The molecule has 0 saturated heterocycles. The zero-order chi connectivity index (χ0) is 23.0. The van der Waals surface area contributed by atoms with E-state index < -0.39 is 12.7 Å². The summed E-state index contributed by atoms with van der Waals surface area (Å²) in [4.78, 5) is 25.3. The van der Waals surface area contributed by atoms with Crippen molar-refractivity contribution in [3.8, 4) is 11.5 Å². The fraction of sp³-hybridized carbons (Fsp3) is 0.391. The van der Waals surface area contributed by atoms with Crippen LogP contribution in [0.2, 0.25) is 0 Å². The van der Waals surface area contributed by atoms with Crippen molar-refractivity contribution in [1.29, 1.82) is 0 Å². The van der Waals surface area contributed by atoms with Gasteiger partial charge < -0.3 is 20.1 Å². The van der Waals surface area contributed by atoms with Crippen LogP contribution in [-0.2, 0) is 11.2 Å². The lowest BCUT2D eigenvalue weighted by Crippen LogP contribution is -2.50. The monoisotopic (exact) mass is 434 g/mol. The normalized spacial score (nSPS) is 11.9. The van der Waals surface area contributed by atoms with Gasteiger partial charge >= 0.3 is 6.61 Å². The predicted molar refractivity (Wildman–Crippen MR) is 114 cm³/mol. The van der Waals surface area contributed by atoms with E-state index in [1.54, 1.807) is 18.2 Å². The number of aryl methyl sites for hydroxylation is 1. The number of benzene rings is 2. The first-order valence-corrected chi connectivity index (χ1v) is 9.98. The van der Waals surface area contributed by atoms with Gasteiger partial charge in [-0.05, 0) is 48.6 Å². The van der Waals surface area contributed by atoms with E-state index in [-0.39, 0.29) is 35.8 Å². The molecule has 0 saturated carbocycles. The van der Waals surface area contributed by atoms with Gasteiger partial charge in [-0.3, -0.25) is 9.59 Å². The van der Waals surface area contributed by atoms with Gasteiger partial charge in [0.2, 0.25) is 5.91 Å². The van der Waals surface area contributed by atoms with Crippen molar-refractivity contribution >= 4 is 11.8 Å². The number of methoxy groups -OCH3 is 1. The second-order valence-corrected chi connectivity index (χ2v) is 7.41. The summed E-state index contributed by atoms with van der Waals surface area (Å²) in [5, 5.41) is 5.60. The molecule has 0 radical (unpaired) electrons. The minimum absolute atomic E-state index is 0.0631. The van der Waals surface area contributed by atoms with E-state index >= 15 is 0 Å².